The number of piperazine rings is 1. The number of nitrogens with one attached hydrogen (secondary N) is 1. The van der Waals surface area contributed by atoms with E-state index >= 15 is 0 Å². The molecule has 0 radical (unpaired) electrons. The number of rotatable bonds is 4. The summed E-state index contributed by atoms with van der Waals surface area (Å²) in [6, 6.07) is 7.61. The standard InChI is InChI=1S/C17H25N3O3/c1-13(2)18-17(22)20-9-7-19(8-10-20)16(21)12-14-5-4-6-15(11-14)23-3/h4-6,11,13H,7-10,12H2,1-3H3,(H,18,22). The molecule has 0 bridgehead atoms. The number of carbonyl (C=O) groups excluding carboxylic acids is 2. The van der Waals surface area contributed by atoms with Gasteiger partial charge in [0.1, 0.15) is 5.75 Å². The maximum atomic E-state index is 12.4. The van der Waals surface area contributed by atoms with Gasteiger partial charge in [-0.2, -0.15) is 0 Å². The zero-order valence-corrected chi connectivity index (χ0v) is 14.0. The second kappa shape index (κ2) is 7.85. The van der Waals surface area contributed by atoms with Crippen LogP contribution in [0.3, 0.4) is 0 Å². The molecule has 1 aromatic carbocycles. The van der Waals surface area contributed by atoms with Crippen molar-refractivity contribution in [2.75, 3.05) is 33.3 Å². The third-order valence-corrected chi connectivity index (χ3v) is 3.82. The lowest BCUT2D eigenvalue weighted by molar-refractivity contribution is -0.131. The normalized spacial score (nSPS) is 14.8. The highest BCUT2D eigenvalue weighted by molar-refractivity contribution is 5.79. The molecular weight excluding hydrogens is 294 g/mol. The van der Waals surface area contributed by atoms with Gasteiger partial charge in [0, 0.05) is 32.2 Å². The number of amides is 3. The Labute approximate surface area is 137 Å². The third kappa shape index (κ3) is 4.87. The Kier molecular flexibility index (Phi) is 5.84. The minimum Gasteiger partial charge on any atom is -0.497 e. The summed E-state index contributed by atoms with van der Waals surface area (Å²) in [6.45, 7) is 6.17. The smallest absolute Gasteiger partial charge is 0.317 e. The van der Waals surface area contributed by atoms with Crippen molar-refractivity contribution in [3.05, 3.63) is 29.8 Å². The first-order chi connectivity index (χ1) is 11.0. The van der Waals surface area contributed by atoms with E-state index in [9.17, 15) is 9.59 Å². The van der Waals surface area contributed by atoms with Crippen LogP contribution >= 0.6 is 0 Å². The van der Waals surface area contributed by atoms with Gasteiger partial charge in [0.15, 0.2) is 0 Å². The van der Waals surface area contributed by atoms with E-state index in [1.165, 1.54) is 0 Å². The Bertz CT molecular complexity index is 552. The quantitative estimate of drug-likeness (QED) is 0.915. The summed E-state index contributed by atoms with van der Waals surface area (Å²) in [5.41, 5.74) is 0.939. The van der Waals surface area contributed by atoms with Crippen LogP contribution in [0, 0.1) is 0 Å². The SMILES string of the molecule is COc1cccc(CC(=O)N2CCN(C(=O)NC(C)C)CC2)c1. The largest absolute Gasteiger partial charge is 0.497 e. The minimum absolute atomic E-state index is 0.0557. The average Bonchev–Trinajstić information content (AvgIpc) is 2.54. The first kappa shape index (κ1) is 17.1. The highest BCUT2D eigenvalue weighted by Crippen LogP contribution is 2.14. The predicted molar refractivity (Wildman–Crippen MR) is 88.5 cm³/mol. The molecule has 3 amide bonds. The molecule has 6 heteroatoms. The van der Waals surface area contributed by atoms with Crippen molar-refractivity contribution in [1.29, 1.82) is 0 Å². The number of ether oxygens (including phenoxy) is 1. The van der Waals surface area contributed by atoms with Crippen LogP contribution in [0.25, 0.3) is 0 Å². The maximum absolute atomic E-state index is 12.4. The van der Waals surface area contributed by atoms with E-state index in [1.54, 1.807) is 12.0 Å². The molecule has 0 saturated carbocycles. The zero-order valence-electron chi connectivity index (χ0n) is 14.0. The van der Waals surface area contributed by atoms with E-state index < -0.39 is 0 Å². The molecule has 2 rings (SSSR count). The van der Waals surface area contributed by atoms with E-state index in [0.29, 0.717) is 32.6 Å². The lowest BCUT2D eigenvalue weighted by atomic mass is 10.1. The monoisotopic (exact) mass is 319 g/mol. The van der Waals surface area contributed by atoms with Gasteiger partial charge in [0.2, 0.25) is 5.91 Å². The van der Waals surface area contributed by atoms with E-state index in [1.807, 2.05) is 43.0 Å². The van der Waals surface area contributed by atoms with Crippen molar-refractivity contribution in [1.82, 2.24) is 15.1 Å². The topological polar surface area (TPSA) is 61.9 Å². The number of benzene rings is 1. The summed E-state index contributed by atoms with van der Waals surface area (Å²) in [5.74, 6) is 0.840. The van der Waals surface area contributed by atoms with Crippen LogP contribution in [0.15, 0.2) is 24.3 Å². The first-order valence-corrected chi connectivity index (χ1v) is 7.95. The Morgan fingerprint density at radius 2 is 1.83 bits per heavy atom. The molecular formula is C17H25N3O3. The van der Waals surface area contributed by atoms with Crippen LogP contribution in [0.4, 0.5) is 4.79 Å². The highest BCUT2D eigenvalue weighted by atomic mass is 16.5. The van der Waals surface area contributed by atoms with E-state index in [-0.39, 0.29) is 18.0 Å². The second-order valence-electron chi connectivity index (χ2n) is 6.00. The third-order valence-electron chi connectivity index (χ3n) is 3.82. The Hall–Kier alpha value is -2.24. The van der Waals surface area contributed by atoms with E-state index in [4.69, 9.17) is 4.74 Å². The van der Waals surface area contributed by atoms with Crippen LogP contribution in [-0.4, -0.2) is 61.1 Å². The van der Waals surface area contributed by atoms with Crippen LogP contribution in [-0.2, 0) is 11.2 Å². The number of hydrogen-bond donors (Lipinski definition) is 1. The highest BCUT2D eigenvalue weighted by Gasteiger charge is 2.24. The molecule has 1 N–H and O–H groups in total. The van der Waals surface area contributed by atoms with Gasteiger partial charge >= 0.3 is 6.03 Å². The lowest BCUT2D eigenvalue weighted by Crippen LogP contribution is -2.54. The zero-order chi connectivity index (χ0) is 16.8. The Morgan fingerprint density at radius 1 is 1.17 bits per heavy atom. The van der Waals surface area contributed by atoms with Gasteiger partial charge in [-0.15, -0.1) is 0 Å². The molecule has 0 aromatic heterocycles. The first-order valence-electron chi connectivity index (χ1n) is 7.95. The molecule has 1 aliphatic heterocycles. The molecule has 0 unspecified atom stereocenters. The molecule has 6 nitrogen and oxygen atoms in total. The average molecular weight is 319 g/mol. The van der Waals surface area contributed by atoms with Gasteiger partial charge in [-0.3, -0.25) is 4.79 Å². The minimum atomic E-state index is -0.0557. The molecule has 1 aromatic rings. The second-order valence-corrected chi connectivity index (χ2v) is 6.00. The summed E-state index contributed by atoms with van der Waals surface area (Å²) >= 11 is 0. The molecule has 126 valence electrons. The molecule has 0 spiro atoms. The number of nitrogens with zero attached hydrogens (tertiary/aromatic N) is 2. The van der Waals surface area contributed by atoms with E-state index in [2.05, 4.69) is 5.32 Å². The fourth-order valence-electron chi connectivity index (χ4n) is 2.57. The van der Waals surface area contributed by atoms with Crippen LogP contribution in [0.2, 0.25) is 0 Å². The number of methoxy groups -OCH3 is 1. The number of carbonyl (C=O) groups is 2. The van der Waals surface area contributed by atoms with Crippen molar-refractivity contribution < 1.29 is 14.3 Å². The van der Waals surface area contributed by atoms with Gasteiger partial charge in [-0.05, 0) is 31.5 Å². The van der Waals surface area contributed by atoms with Crippen molar-refractivity contribution in [2.45, 2.75) is 26.3 Å². The Morgan fingerprint density at radius 3 is 2.43 bits per heavy atom. The molecule has 1 heterocycles. The van der Waals surface area contributed by atoms with Gasteiger partial charge in [-0.1, -0.05) is 12.1 Å². The molecule has 1 saturated heterocycles. The van der Waals surface area contributed by atoms with Crippen LogP contribution in [0.1, 0.15) is 19.4 Å². The number of urea groups is 1. The summed E-state index contributed by atoms with van der Waals surface area (Å²) in [4.78, 5) is 27.9. The van der Waals surface area contributed by atoms with Crippen molar-refractivity contribution in [3.63, 3.8) is 0 Å². The van der Waals surface area contributed by atoms with Gasteiger partial charge in [0.05, 0.1) is 13.5 Å². The fraction of sp³-hybridized carbons (Fsp3) is 0.529. The molecule has 0 aliphatic carbocycles. The van der Waals surface area contributed by atoms with Gasteiger partial charge in [0.25, 0.3) is 0 Å². The van der Waals surface area contributed by atoms with Crippen LogP contribution < -0.4 is 10.1 Å². The van der Waals surface area contributed by atoms with Crippen molar-refractivity contribution in [2.24, 2.45) is 0 Å². The molecule has 1 fully saturated rings. The van der Waals surface area contributed by atoms with E-state index in [0.717, 1.165) is 11.3 Å². The lowest BCUT2D eigenvalue weighted by Gasteiger charge is -2.35. The summed E-state index contributed by atoms with van der Waals surface area (Å²) in [5, 5.41) is 2.88. The van der Waals surface area contributed by atoms with Crippen molar-refractivity contribution >= 4 is 11.9 Å². The summed E-state index contributed by atoms with van der Waals surface area (Å²) < 4.78 is 5.18. The number of hydrogen-bond acceptors (Lipinski definition) is 3. The molecule has 1 aliphatic rings. The fourth-order valence-corrected chi connectivity index (χ4v) is 2.57. The summed E-state index contributed by atoms with van der Waals surface area (Å²) in [7, 11) is 1.61. The molecule has 0 atom stereocenters. The maximum Gasteiger partial charge on any atom is 0.317 e. The Balaban J connectivity index is 1.84. The van der Waals surface area contributed by atoms with Crippen molar-refractivity contribution in [3.8, 4) is 5.75 Å². The molecule has 23 heavy (non-hydrogen) atoms. The van der Waals surface area contributed by atoms with Crippen LogP contribution in [0.5, 0.6) is 5.75 Å². The summed E-state index contributed by atoms with van der Waals surface area (Å²) in [6.07, 6.45) is 0.357. The van der Waals surface area contributed by atoms with Gasteiger partial charge in [-0.25, -0.2) is 4.79 Å². The predicted octanol–water partition coefficient (Wildman–Crippen LogP) is 1.50. The van der Waals surface area contributed by atoms with Gasteiger partial charge < -0.3 is 19.9 Å².